The molecule has 6 nitrogen and oxygen atoms in total. The fraction of sp³-hybridized carbons (Fsp3) is 0.304. The summed E-state index contributed by atoms with van der Waals surface area (Å²) >= 11 is 0. The Hall–Kier alpha value is -3.28. The van der Waals surface area contributed by atoms with E-state index < -0.39 is 0 Å². The van der Waals surface area contributed by atoms with Crippen molar-refractivity contribution < 1.29 is 14.3 Å². The van der Waals surface area contributed by atoms with Crippen molar-refractivity contribution >= 4 is 23.0 Å². The Morgan fingerprint density at radius 1 is 1.03 bits per heavy atom. The van der Waals surface area contributed by atoms with Crippen LogP contribution in [0.1, 0.15) is 46.9 Å². The molecule has 1 aliphatic heterocycles. The third-order valence-electron chi connectivity index (χ3n) is 5.18. The molecular formula is C23H25N3O3. The minimum Gasteiger partial charge on any atom is -0.492 e. The second kappa shape index (κ2) is 8.39. The van der Waals surface area contributed by atoms with E-state index in [2.05, 4.69) is 5.32 Å². The molecule has 0 unspecified atom stereocenters. The molecule has 1 fully saturated rings. The average molecular weight is 391 g/mol. The molecule has 0 spiro atoms. The Labute approximate surface area is 170 Å². The van der Waals surface area contributed by atoms with Gasteiger partial charge in [0.2, 0.25) is 0 Å². The molecule has 29 heavy (non-hydrogen) atoms. The van der Waals surface area contributed by atoms with E-state index in [4.69, 9.17) is 4.74 Å². The molecule has 1 aliphatic rings. The van der Waals surface area contributed by atoms with E-state index in [9.17, 15) is 9.59 Å². The van der Waals surface area contributed by atoms with Crippen LogP contribution < -0.4 is 10.1 Å². The van der Waals surface area contributed by atoms with E-state index in [-0.39, 0.29) is 11.8 Å². The Morgan fingerprint density at radius 3 is 2.62 bits per heavy atom. The smallest absolute Gasteiger partial charge is 0.257 e. The third-order valence-corrected chi connectivity index (χ3v) is 5.18. The number of benzene rings is 1. The van der Waals surface area contributed by atoms with Crippen LogP contribution in [0.4, 0.5) is 5.69 Å². The van der Waals surface area contributed by atoms with Crippen LogP contribution in [-0.4, -0.2) is 40.8 Å². The molecule has 0 saturated carbocycles. The topological polar surface area (TPSA) is 63.0 Å². The second-order valence-electron chi connectivity index (χ2n) is 7.21. The van der Waals surface area contributed by atoms with E-state index in [1.807, 2.05) is 46.7 Å². The summed E-state index contributed by atoms with van der Waals surface area (Å²) in [5.74, 6) is 0.315. The summed E-state index contributed by atoms with van der Waals surface area (Å²) in [4.78, 5) is 27.6. The fourth-order valence-electron chi connectivity index (χ4n) is 3.70. The number of ether oxygens (including phenoxy) is 1. The number of nitrogens with zero attached hydrogens (tertiary/aromatic N) is 2. The van der Waals surface area contributed by atoms with Gasteiger partial charge in [-0.2, -0.15) is 0 Å². The number of hydrogen-bond acceptors (Lipinski definition) is 3. The summed E-state index contributed by atoms with van der Waals surface area (Å²) in [5, 5.41) is 2.92. The van der Waals surface area contributed by atoms with Crippen LogP contribution in [0, 0.1) is 0 Å². The van der Waals surface area contributed by atoms with Gasteiger partial charge >= 0.3 is 0 Å². The largest absolute Gasteiger partial charge is 0.492 e. The number of nitrogens with one attached hydrogen (secondary N) is 1. The first-order chi connectivity index (χ1) is 14.2. The lowest BCUT2D eigenvalue weighted by Crippen LogP contribution is -2.35. The Bertz CT molecular complexity index is 1000. The highest BCUT2D eigenvalue weighted by atomic mass is 16.5. The van der Waals surface area contributed by atoms with Crippen molar-refractivity contribution in [2.24, 2.45) is 0 Å². The number of amides is 2. The Kier molecular flexibility index (Phi) is 5.51. The molecule has 2 amide bonds. The van der Waals surface area contributed by atoms with Gasteiger partial charge in [-0.15, -0.1) is 0 Å². The van der Waals surface area contributed by atoms with Crippen molar-refractivity contribution in [3.8, 4) is 5.75 Å². The molecule has 0 bridgehead atoms. The number of carbonyl (C=O) groups excluding carboxylic acids is 2. The summed E-state index contributed by atoms with van der Waals surface area (Å²) in [5.41, 5.74) is 2.56. The Morgan fingerprint density at radius 2 is 1.86 bits per heavy atom. The maximum atomic E-state index is 12.9. The summed E-state index contributed by atoms with van der Waals surface area (Å²) in [6.45, 7) is 3.92. The summed E-state index contributed by atoms with van der Waals surface area (Å²) in [6.07, 6.45) is 6.92. The van der Waals surface area contributed by atoms with E-state index in [0.29, 0.717) is 29.2 Å². The normalized spacial score (nSPS) is 14.0. The molecule has 1 N–H and O–H groups in total. The monoisotopic (exact) mass is 391 g/mol. The molecule has 0 atom stereocenters. The van der Waals surface area contributed by atoms with Crippen LogP contribution in [0.5, 0.6) is 5.75 Å². The molecule has 1 saturated heterocycles. The van der Waals surface area contributed by atoms with Crippen molar-refractivity contribution in [3.05, 3.63) is 66.0 Å². The van der Waals surface area contributed by atoms with Crippen LogP contribution in [0.15, 0.2) is 54.9 Å². The van der Waals surface area contributed by atoms with Crippen molar-refractivity contribution in [1.82, 2.24) is 9.30 Å². The SMILES string of the molecule is CCOc1ccc(C(=O)N2CCCCC2)cc1NC(=O)c1cc2ccccn2c1. The standard InChI is InChI=1S/C23H25N3O3/c1-2-29-21-10-9-17(23(28)25-11-5-3-6-12-25)15-20(21)24-22(27)18-14-19-8-4-7-13-26(19)16-18/h4,7-10,13-16H,2-3,5-6,11-12H2,1H3,(H,24,27). The quantitative estimate of drug-likeness (QED) is 0.708. The van der Waals surface area contributed by atoms with E-state index in [1.54, 1.807) is 24.4 Å². The molecule has 6 heteroatoms. The second-order valence-corrected chi connectivity index (χ2v) is 7.21. The van der Waals surface area contributed by atoms with Crippen LogP contribution in [0.3, 0.4) is 0 Å². The summed E-state index contributed by atoms with van der Waals surface area (Å²) in [7, 11) is 0. The van der Waals surface area contributed by atoms with Crippen LogP contribution in [-0.2, 0) is 0 Å². The number of aromatic nitrogens is 1. The number of likely N-dealkylation sites (tertiary alicyclic amines) is 1. The van der Waals surface area contributed by atoms with Crippen LogP contribution >= 0.6 is 0 Å². The molecule has 0 aliphatic carbocycles. The maximum absolute atomic E-state index is 12.9. The van der Waals surface area contributed by atoms with Gasteiger partial charge in [0, 0.05) is 36.6 Å². The molecule has 150 valence electrons. The first-order valence-electron chi connectivity index (χ1n) is 10.1. The van der Waals surface area contributed by atoms with E-state index in [1.165, 1.54) is 6.42 Å². The van der Waals surface area contributed by atoms with Gasteiger partial charge in [-0.3, -0.25) is 9.59 Å². The minimum absolute atomic E-state index is 0.00199. The predicted molar refractivity (Wildman–Crippen MR) is 113 cm³/mol. The molecule has 3 aromatic rings. The fourth-order valence-corrected chi connectivity index (χ4v) is 3.70. The number of hydrogen-bond donors (Lipinski definition) is 1. The third kappa shape index (κ3) is 4.11. The van der Waals surface area contributed by atoms with Gasteiger partial charge in [0.15, 0.2) is 0 Å². The molecule has 3 heterocycles. The number of anilines is 1. The summed E-state index contributed by atoms with van der Waals surface area (Å²) < 4.78 is 7.57. The molecule has 1 aromatic carbocycles. The first-order valence-corrected chi connectivity index (χ1v) is 10.1. The zero-order chi connectivity index (χ0) is 20.2. The number of rotatable bonds is 5. The van der Waals surface area contributed by atoms with Gasteiger partial charge in [0.25, 0.3) is 11.8 Å². The van der Waals surface area contributed by atoms with Crippen LogP contribution in [0.25, 0.3) is 5.52 Å². The number of fused-ring (bicyclic) bond motifs is 1. The zero-order valence-electron chi connectivity index (χ0n) is 16.6. The highest BCUT2D eigenvalue weighted by Gasteiger charge is 2.20. The minimum atomic E-state index is -0.239. The lowest BCUT2D eigenvalue weighted by atomic mass is 10.1. The van der Waals surface area contributed by atoms with Crippen LogP contribution in [0.2, 0.25) is 0 Å². The number of piperidine rings is 1. The van der Waals surface area contributed by atoms with E-state index >= 15 is 0 Å². The predicted octanol–water partition coefficient (Wildman–Crippen LogP) is 4.22. The summed E-state index contributed by atoms with van der Waals surface area (Å²) in [6, 6.07) is 12.9. The van der Waals surface area contributed by atoms with Gasteiger partial charge in [-0.25, -0.2) is 0 Å². The maximum Gasteiger partial charge on any atom is 0.257 e. The van der Waals surface area contributed by atoms with Gasteiger partial charge in [0.05, 0.1) is 17.9 Å². The van der Waals surface area contributed by atoms with Gasteiger partial charge in [-0.1, -0.05) is 6.07 Å². The molecule has 4 rings (SSSR count). The number of pyridine rings is 1. The lowest BCUT2D eigenvalue weighted by molar-refractivity contribution is 0.0724. The highest BCUT2D eigenvalue weighted by molar-refractivity contribution is 6.06. The van der Waals surface area contributed by atoms with Gasteiger partial charge < -0.3 is 19.4 Å². The lowest BCUT2D eigenvalue weighted by Gasteiger charge is -2.27. The van der Waals surface area contributed by atoms with E-state index in [0.717, 1.165) is 31.4 Å². The highest BCUT2D eigenvalue weighted by Crippen LogP contribution is 2.28. The van der Waals surface area contributed by atoms with Crippen molar-refractivity contribution in [3.63, 3.8) is 0 Å². The first kappa shape index (κ1) is 19.1. The van der Waals surface area contributed by atoms with Gasteiger partial charge in [-0.05, 0) is 62.6 Å². The number of carbonyl (C=O) groups is 2. The average Bonchev–Trinajstić information content (AvgIpc) is 3.20. The van der Waals surface area contributed by atoms with Crippen molar-refractivity contribution in [1.29, 1.82) is 0 Å². The zero-order valence-corrected chi connectivity index (χ0v) is 16.6. The van der Waals surface area contributed by atoms with Gasteiger partial charge in [0.1, 0.15) is 5.75 Å². The molecule has 0 radical (unpaired) electrons. The van der Waals surface area contributed by atoms with Crippen molar-refractivity contribution in [2.45, 2.75) is 26.2 Å². The Balaban J connectivity index is 1.59. The van der Waals surface area contributed by atoms with Crippen molar-refractivity contribution in [2.75, 3.05) is 25.0 Å². The molecule has 2 aromatic heterocycles. The molecular weight excluding hydrogens is 366 g/mol.